The van der Waals surface area contributed by atoms with Crippen molar-refractivity contribution in [1.29, 1.82) is 0 Å². The van der Waals surface area contributed by atoms with E-state index in [4.69, 9.17) is 4.74 Å². The minimum Gasteiger partial charge on any atom is -0.457 e. The number of rotatable bonds is 5. The van der Waals surface area contributed by atoms with Crippen LogP contribution in [0.5, 0.6) is 0 Å². The number of hydrogen-bond donors (Lipinski definition) is 0. The maximum Gasteiger partial charge on any atom is 0.340 e. The highest BCUT2D eigenvalue weighted by molar-refractivity contribution is 7.90. The quantitative estimate of drug-likeness (QED) is 0.485. The molecule has 0 bridgehead atoms. The van der Waals surface area contributed by atoms with Crippen LogP contribution in [0.2, 0.25) is 0 Å². The Bertz CT molecular complexity index is 1230. The summed E-state index contributed by atoms with van der Waals surface area (Å²) in [5, 5.41) is 0.417. The van der Waals surface area contributed by atoms with Crippen LogP contribution in [0, 0.1) is 0 Å². The van der Waals surface area contributed by atoms with E-state index in [2.05, 4.69) is 4.98 Å². The molecule has 28 heavy (non-hydrogen) atoms. The molecule has 0 saturated carbocycles. The number of nitrogens with zero attached hydrogens (tertiary/aromatic N) is 2. The smallest absolute Gasteiger partial charge is 0.340 e. The molecule has 0 aliphatic heterocycles. The summed E-state index contributed by atoms with van der Waals surface area (Å²) in [4.78, 5) is 16.9. The molecular formula is C21H16N2O4S. The van der Waals surface area contributed by atoms with Gasteiger partial charge in [-0.1, -0.05) is 48.5 Å². The molecular weight excluding hydrogens is 376 g/mol. The Kier molecular flexibility index (Phi) is 4.67. The third-order valence-electron chi connectivity index (χ3n) is 4.26. The standard InChI is InChI=1S/C21H16N2O4S/c24-21(27-15-16-8-3-1-4-9-16)19-14-23(20-18(19)12-7-13-22-20)28(25,26)17-10-5-2-6-11-17/h1-14H,15H2. The van der Waals surface area contributed by atoms with Gasteiger partial charge in [-0.2, -0.15) is 0 Å². The van der Waals surface area contributed by atoms with Gasteiger partial charge in [0.2, 0.25) is 0 Å². The molecule has 0 N–H and O–H groups in total. The Balaban J connectivity index is 1.74. The van der Waals surface area contributed by atoms with Gasteiger partial charge in [0.05, 0.1) is 10.5 Å². The van der Waals surface area contributed by atoms with Gasteiger partial charge in [-0.3, -0.25) is 0 Å². The molecule has 0 aliphatic rings. The number of benzene rings is 2. The van der Waals surface area contributed by atoms with Crippen molar-refractivity contribution in [2.75, 3.05) is 0 Å². The molecule has 4 rings (SSSR count). The zero-order valence-corrected chi connectivity index (χ0v) is 15.5. The van der Waals surface area contributed by atoms with Crippen LogP contribution < -0.4 is 0 Å². The van der Waals surface area contributed by atoms with Crippen molar-refractivity contribution in [1.82, 2.24) is 8.96 Å². The van der Waals surface area contributed by atoms with Crippen molar-refractivity contribution < 1.29 is 17.9 Å². The van der Waals surface area contributed by atoms with Gasteiger partial charge in [0.1, 0.15) is 6.61 Å². The zero-order chi connectivity index (χ0) is 19.6. The lowest BCUT2D eigenvalue weighted by molar-refractivity contribution is 0.0475. The van der Waals surface area contributed by atoms with Crippen LogP contribution in [0.4, 0.5) is 0 Å². The maximum atomic E-state index is 13.0. The summed E-state index contributed by atoms with van der Waals surface area (Å²) < 4.78 is 32.5. The highest BCUT2D eigenvalue weighted by Gasteiger charge is 2.25. The number of carbonyl (C=O) groups excluding carboxylic acids is 1. The van der Waals surface area contributed by atoms with Crippen molar-refractivity contribution in [3.63, 3.8) is 0 Å². The van der Waals surface area contributed by atoms with E-state index in [0.717, 1.165) is 9.54 Å². The molecule has 0 atom stereocenters. The number of hydrogen-bond acceptors (Lipinski definition) is 5. The molecule has 0 spiro atoms. The van der Waals surface area contributed by atoms with Crippen LogP contribution in [-0.4, -0.2) is 23.3 Å². The molecule has 0 fully saturated rings. The Hall–Kier alpha value is -3.45. The van der Waals surface area contributed by atoms with E-state index in [1.165, 1.54) is 24.5 Å². The first-order chi connectivity index (χ1) is 13.6. The minimum atomic E-state index is -3.90. The second kappa shape index (κ2) is 7.28. The number of ether oxygens (including phenoxy) is 1. The Morgan fingerprint density at radius 2 is 1.61 bits per heavy atom. The molecule has 0 unspecified atom stereocenters. The summed E-state index contributed by atoms with van der Waals surface area (Å²) in [7, 11) is -3.90. The fourth-order valence-corrected chi connectivity index (χ4v) is 4.23. The fourth-order valence-electron chi connectivity index (χ4n) is 2.88. The van der Waals surface area contributed by atoms with Crippen molar-refractivity contribution in [3.05, 3.63) is 96.3 Å². The summed E-state index contributed by atoms with van der Waals surface area (Å²) >= 11 is 0. The lowest BCUT2D eigenvalue weighted by atomic mass is 10.2. The molecule has 2 aromatic heterocycles. The van der Waals surface area contributed by atoms with E-state index in [-0.39, 0.29) is 22.7 Å². The first-order valence-corrected chi connectivity index (χ1v) is 9.99. The topological polar surface area (TPSA) is 78.3 Å². The molecule has 7 heteroatoms. The highest BCUT2D eigenvalue weighted by atomic mass is 32.2. The third-order valence-corrected chi connectivity index (χ3v) is 5.93. The minimum absolute atomic E-state index is 0.0953. The summed E-state index contributed by atoms with van der Waals surface area (Å²) in [6.45, 7) is 0.0953. The average molecular weight is 392 g/mol. The predicted octanol–water partition coefficient (Wildman–Crippen LogP) is 3.63. The van der Waals surface area contributed by atoms with Gasteiger partial charge in [0.15, 0.2) is 5.65 Å². The number of aromatic nitrogens is 2. The predicted molar refractivity (Wildman–Crippen MR) is 104 cm³/mol. The van der Waals surface area contributed by atoms with Crippen molar-refractivity contribution in [3.8, 4) is 0 Å². The van der Waals surface area contributed by atoms with Crippen molar-refractivity contribution in [2.45, 2.75) is 11.5 Å². The molecule has 4 aromatic rings. The number of esters is 1. The average Bonchev–Trinajstić information content (AvgIpc) is 3.14. The molecule has 0 radical (unpaired) electrons. The molecule has 0 amide bonds. The summed E-state index contributed by atoms with van der Waals surface area (Å²) in [5.41, 5.74) is 1.17. The third kappa shape index (κ3) is 3.27. The Morgan fingerprint density at radius 3 is 2.32 bits per heavy atom. The molecule has 6 nitrogen and oxygen atoms in total. The van der Waals surface area contributed by atoms with Crippen molar-refractivity contribution >= 4 is 27.0 Å². The number of fused-ring (bicyclic) bond motifs is 1. The summed E-state index contributed by atoms with van der Waals surface area (Å²) in [6, 6.07) is 20.6. The molecule has 0 aliphatic carbocycles. The first kappa shape index (κ1) is 17.9. The van der Waals surface area contributed by atoms with Crippen LogP contribution in [-0.2, 0) is 21.4 Å². The van der Waals surface area contributed by atoms with Crippen molar-refractivity contribution in [2.24, 2.45) is 0 Å². The van der Waals surface area contributed by atoms with Gasteiger partial charge in [0.25, 0.3) is 10.0 Å². The maximum absolute atomic E-state index is 13.0. The largest absolute Gasteiger partial charge is 0.457 e. The summed E-state index contributed by atoms with van der Waals surface area (Å²) in [5.74, 6) is -0.608. The van der Waals surface area contributed by atoms with E-state index in [0.29, 0.717) is 5.39 Å². The van der Waals surface area contributed by atoms with E-state index >= 15 is 0 Å². The first-order valence-electron chi connectivity index (χ1n) is 8.55. The van der Waals surface area contributed by atoms with E-state index in [1.54, 1.807) is 30.3 Å². The molecule has 2 aromatic carbocycles. The second-order valence-corrected chi connectivity index (χ2v) is 7.91. The normalized spacial score (nSPS) is 11.4. The molecule has 0 saturated heterocycles. The van der Waals surface area contributed by atoms with Gasteiger partial charge in [0, 0.05) is 17.8 Å². The SMILES string of the molecule is O=C(OCc1ccccc1)c1cn(S(=O)(=O)c2ccccc2)c2ncccc12. The van der Waals surface area contributed by atoms with Crippen LogP contribution in [0.25, 0.3) is 11.0 Å². The van der Waals surface area contributed by atoms with Gasteiger partial charge in [-0.05, 0) is 29.8 Å². The van der Waals surface area contributed by atoms with Crippen LogP contribution >= 0.6 is 0 Å². The van der Waals surface area contributed by atoms with Gasteiger partial charge in [-0.15, -0.1) is 0 Å². The Morgan fingerprint density at radius 1 is 0.929 bits per heavy atom. The fraction of sp³-hybridized carbons (Fsp3) is 0.0476. The zero-order valence-electron chi connectivity index (χ0n) is 14.7. The van der Waals surface area contributed by atoms with E-state index < -0.39 is 16.0 Å². The van der Waals surface area contributed by atoms with Gasteiger partial charge < -0.3 is 4.74 Å². The van der Waals surface area contributed by atoms with Crippen LogP contribution in [0.15, 0.2) is 90.1 Å². The van der Waals surface area contributed by atoms with E-state index in [1.807, 2.05) is 30.3 Å². The monoisotopic (exact) mass is 392 g/mol. The van der Waals surface area contributed by atoms with Crippen LogP contribution in [0.1, 0.15) is 15.9 Å². The Labute approximate surface area is 162 Å². The molecule has 2 heterocycles. The van der Waals surface area contributed by atoms with Gasteiger partial charge in [-0.25, -0.2) is 22.2 Å². The number of pyridine rings is 1. The second-order valence-electron chi connectivity index (χ2n) is 6.09. The van der Waals surface area contributed by atoms with Gasteiger partial charge >= 0.3 is 5.97 Å². The van der Waals surface area contributed by atoms with Crippen LogP contribution in [0.3, 0.4) is 0 Å². The lowest BCUT2D eigenvalue weighted by Gasteiger charge is -2.06. The summed E-state index contributed by atoms with van der Waals surface area (Å²) in [6.07, 6.45) is 2.76. The lowest BCUT2D eigenvalue weighted by Crippen LogP contribution is -2.12. The number of carbonyl (C=O) groups is 1. The van der Waals surface area contributed by atoms with E-state index in [9.17, 15) is 13.2 Å². The highest BCUT2D eigenvalue weighted by Crippen LogP contribution is 2.25. The molecule has 140 valence electrons.